The average Bonchev–Trinajstić information content (AvgIpc) is 3.11. The highest BCUT2D eigenvalue weighted by molar-refractivity contribution is 5.71. The minimum atomic E-state index is -0.427. The second kappa shape index (κ2) is 8.31. The van der Waals surface area contributed by atoms with Crippen molar-refractivity contribution in [2.75, 3.05) is 19.9 Å². The van der Waals surface area contributed by atoms with Gasteiger partial charge in [-0.25, -0.2) is 4.98 Å². The van der Waals surface area contributed by atoms with Crippen LogP contribution in [0.5, 0.6) is 5.75 Å². The molecule has 8 nitrogen and oxygen atoms in total. The number of aromatic nitrogens is 2. The molecule has 2 N–H and O–H groups in total. The number of hydrogen-bond donors (Lipinski definition) is 1. The zero-order chi connectivity index (χ0) is 21.3. The molecule has 1 fully saturated rings. The Morgan fingerprint density at radius 1 is 1.27 bits per heavy atom. The van der Waals surface area contributed by atoms with Crippen molar-refractivity contribution in [1.29, 1.82) is 0 Å². The molecule has 2 heterocycles. The van der Waals surface area contributed by atoms with E-state index >= 15 is 0 Å². The van der Waals surface area contributed by atoms with Crippen molar-refractivity contribution in [3.05, 3.63) is 52.3 Å². The Bertz CT molecular complexity index is 1070. The summed E-state index contributed by atoms with van der Waals surface area (Å²) in [6, 6.07) is 9.21. The van der Waals surface area contributed by atoms with Crippen LogP contribution >= 0.6 is 0 Å². The summed E-state index contributed by atoms with van der Waals surface area (Å²) in [5.41, 5.74) is 9.79. The Hall–Kier alpha value is -3.13. The first-order chi connectivity index (χ1) is 14.5. The van der Waals surface area contributed by atoms with Crippen molar-refractivity contribution in [2.45, 2.75) is 44.7 Å². The number of pyridine rings is 1. The Balaban J connectivity index is 1.80. The molecular weight excluding hydrogens is 382 g/mol. The van der Waals surface area contributed by atoms with Gasteiger partial charge in [-0.3, -0.25) is 15.0 Å². The van der Waals surface area contributed by atoms with E-state index in [0.29, 0.717) is 23.8 Å². The number of benzene rings is 1. The lowest BCUT2D eigenvalue weighted by Gasteiger charge is -2.31. The lowest BCUT2D eigenvalue weighted by atomic mass is 9.94. The standard InChI is InChI=1S/C22H27N5O3/c1-25(17-6-4-3-5-7-17)14-19-22(24-21-11-9-16(23)13-26(19)21)15-8-10-20(30-2)18(12-15)27(28)29/h8-13,17H,3-7,14,23H2,1-2H3. The number of rotatable bonds is 6. The number of nitrogens with two attached hydrogens (primary N) is 1. The predicted molar refractivity (Wildman–Crippen MR) is 117 cm³/mol. The Morgan fingerprint density at radius 3 is 2.73 bits per heavy atom. The molecule has 4 rings (SSSR count). The zero-order valence-electron chi connectivity index (χ0n) is 17.4. The molecule has 1 saturated carbocycles. The maximum atomic E-state index is 11.5. The number of fused-ring (bicyclic) bond motifs is 1. The molecule has 1 aliphatic rings. The van der Waals surface area contributed by atoms with E-state index in [2.05, 4.69) is 11.9 Å². The largest absolute Gasteiger partial charge is 0.490 e. The number of hydrogen-bond acceptors (Lipinski definition) is 6. The molecule has 0 amide bonds. The van der Waals surface area contributed by atoms with Gasteiger partial charge in [0.2, 0.25) is 0 Å². The van der Waals surface area contributed by atoms with Gasteiger partial charge in [-0.15, -0.1) is 0 Å². The van der Waals surface area contributed by atoms with Gasteiger partial charge < -0.3 is 14.9 Å². The fourth-order valence-electron chi connectivity index (χ4n) is 4.36. The first-order valence-corrected chi connectivity index (χ1v) is 10.3. The number of anilines is 1. The molecule has 0 atom stereocenters. The van der Waals surface area contributed by atoms with Gasteiger partial charge in [0.25, 0.3) is 0 Å². The van der Waals surface area contributed by atoms with Crippen LogP contribution in [0, 0.1) is 10.1 Å². The third-order valence-corrected chi connectivity index (χ3v) is 5.99. The average molecular weight is 409 g/mol. The molecule has 0 aliphatic heterocycles. The van der Waals surface area contributed by atoms with Crippen LogP contribution in [0.1, 0.15) is 37.8 Å². The molecule has 30 heavy (non-hydrogen) atoms. The molecule has 0 spiro atoms. The minimum absolute atomic E-state index is 0.0712. The second-order valence-corrected chi connectivity index (χ2v) is 7.95. The number of imidazole rings is 1. The van der Waals surface area contributed by atoms with Gasteiger partial charge in [0.15, 0.2) is 5.75 Å². The van der Waals surface area contributed by atoms with Gasteiger partial charge in [0, 0.05) is 36.1 Å². The van der Waals surface area contributed by atoms with Crippen LogP contribution in [-0.2, 0) is 6.54 Å². The van der Waals surface area contributed by atoms with Gasteiger partial charge >= 0.3 is 5.69 Å². The third kappa shape index (κ3) is 3.82. The van der Waals surface area contributed by atoms with Crippen LogP contribution in [0.2, 0.25) is 0 Å². The van der Waals surface area contributed by atoms with E-state index in [1.807, 2.05) is 28.8 Å². The van der Waals surface area contributed by atoms with Crippen LogP contribution in [0.25, 0.3) is 16.9 Å². The van der Waals surface area contributed by atoms with Gasteiger partial charge in [-0.1, -0.05) is 19.3 Å². The summed E-state index contributed by atoms with van der Waals surface area (Å²) in [7, 11) is 3.57. The fourth-order valence-corrected chi connectivity index (χ4v) is 4.36. The molecule has 0 radical (unpaired) electrons. The van der Waals surface area contributed by atoms with E-state index in [1.165, 1.54) is 45.3 Å². The second-order valence-electron chi connectivity index (χ2n) is 7.95. The molecule has 158 valence electrons. The first kappa shape index (κ1) is 20.2. The Morgan fingerprint density at radius 2 is 2.03 bits per heavy atom. The topological polar surface area (TPSA) is 98.9 Å². The number of nitro groups is 1. The van der Waals surface area contributed by atoms with Crippen molar-refractivity contribution >= 4 is 17.0 Å². The summed E-state index contributed by atoms with van der Waals surface area (Å²) < 4.78 is 7.15. The molecule has 1 aromatic carbocycles. The zero-order valence-corrected chi connectivity index (χ0v) is 17.4. The van der Waals surface area contributed by atoms with Crippen LogP contribution < -0.4 is 10.5 Å². The third-order valence-electron chi connectivity index (χ3n) is 5.99. The van der Waals surface area contributed by atoms with Crippen LogP contribution in [0.4, 0.5) is 11.4 Å². The molecule has 3 aromatic rings. The normalized spacial score (nSPS) is 15.0. The van der Waals surface area contributed by atoms with Crippen LogP contribution in [0.3, 0.4) is 0 Å². The Kier molecular flexibility index (Phi) is 5.59. The van der Waals surface area contributed by atoms with E-state index in [0.717, 1.165) is 17.0 Å². The van der Waals surface area contributed by atoms with Crippen LogP contribution in [0.15, 0.2) is 36.5 Å². The summed E-state index contributed by atoms with van der Waals surface area (Å²) in [4.78, 5) is 18.3. The van der Waals surface area contributed by atoms with Crippen LogP contribution in [-0.4, -0.2) is 39.4 Å². The molecule has 2 aromatic heterocycles. The Labute approximate surface area is 175 Å². The quantitative estimate of drug-likeness (QED) is 0.482. The highest BCUT2D eigenvalue weighted by Crippen LogP contribution is 2.34. The summed E-state index contributed by atoms with van der Waals surface area (Å²) in [5, 5.41) is 11.5. The number of ether oxygens (including phenoxy) is 1. The predicted octanol–water partition coefficient (Wildman–Crippen LogP) is 4.26. The molecular formula is C22H27N5O3. The van der Waals surface area contributed by atoms with E-state index < -0.39 is 4.92 Å². The molecule has 8 heteroatoms. The van der Waals surface area contributed by atoms with E-state index in [9.17, 15) is 10.1 Å². The van der Waals surface area contributed by atoms with Crippen molar-refractivity contribution < 1.29 is 9.66 Å². The summed E-state index contributed by atoms with van der Waals surface area (Å²) in [6.45, 7) is 0.685. The number of methoxy groups -OCH3 is 1. The summed E-state index contributed by atoms with van der Waals surface area (Å²) >= 11 is 0. The van der Waals surface area contributed by atoms with E-state index in [-0.39, 0.29) is 11.4 Å². The highest BCUT2D eigenvalue weighted by Gasteiger charge is 2.24. The summed E-state index contributed by atoms with van der Waals surface area (Å²) in [6.07, 6.45) is 8.07. The fraction of sp³-hybridized carbons (Fsp3) is 0.409. The van der Waals surface area contributed by atoms with Crippen molar-refractivity contribution in [3.63, 3.8) is 0 Å². The maximum Gasteiger partial charge on any atom is 0.311 e. The van der Waals surface area contributed by atoms with Crippen molar-refractivity contribution in [2.24, 2.45) is 0 Å². The van der Waals surface area contributed by atoms with Gasteiger partial charge in [-0.05, 0) is 44.2 Å². The molecule has 0 bridgehead atoms. The van der Waals surface area contributed by atoms with Gasteiger partial charge in [0.05, 0.1) is 23.4 Å². The lowest BCUT2D eigenvalue weighted by Crippen LogP contribution is -2.33. The van der Waals surface area contributed by atoms with Gasteiger partial charge in [0.1, 0.15) is 5.65 Å². The van der Waals surface area contributed by atoms with Gasteiger partial charge in [-0.2, -0.15) is 0 Å². The number of nitrogens with zero attached hydrogens (tertiary/aromatic N) is 4. The minimum Gasteiger partial charge on any atom is -0.490 e. The lowest BCUT2D eigenvalue weighted by molar-refractivity contribution is -0.385. The number of nitrogen functional groups attached to an aromatic ring is 1. The van der Waals surface area contributed by atoms with Crippen molar-refractivity contribution in [1.82, 2.24) is 14.3 Å². The summed E-state index contributed by atoms with van der Waals surface area (Å²) in [5.74, 6) is 0.234. The number of nitro benzene ring substituents is 1. The SMILES string of the molecule is COc1ccc(-c2nc3ccc(N)cn3c2CN(C)C2CCCCC2)cc1[N+](=O)[O-]. The van der Waals surface area contributed by atoms with Crippen molar-refractivity contribution in [3.8, 4) is 17.0 Å². The first-order valence-electron chi connectivity index (χ1n) is 10.3. The van der Waals surface area contributed by atoms with E-state index in [1.54, 1.807) is 6.07 Å². The molecule has 0 unspecified atom stereocenters. The molecule has 1 aliphatic carbocycles. The highest BCUT2D eigenvalue weighted by atomic mass is 16.6. The molecule has 0 saturated heterocycles. The van der Waals surface area contributed by atoms with E-state index in [4.69, 9.17) is 15.5 Å². The maximum absolute atomic E-state index is 11.5. The monoisotopic (exact) mass is 409 g/mol. The smallest absolute Gasteiger partial charge is 0.311 e.